The maximum Gasteiger partial charge on any atom is 0.352 e. The van der Waals surface area contributed by atoms with E-state index in [0.717, 1.165) is 0 Å². The summed E-state index contributed by atoms with van der Waals surface area (Å²) >= 11 is 2.63. The van der Waals surface area contributed by atoms with Crippen molar-refractivity contribution in [2.75, 3.05) is 11.5 Å². The van der Waals surface area contributed by atoms with Crippen molar-refractivity contribution in [1.29, 1.82) is 0 Å². The number of benzene rings is 1. The van der Waals surface area contributed by atoms with E-state index in [1.54, 1.807) is 19.2 Å². The van der Waals surface area contributed by atoms with Crippen molar-refractivity contribution in [3.05, 3.63) is 46.7 Å². The van der Waals surface area contributed by atoms with Crippen molar-refractivity contribution in [2.45, 2.75) is 28.7 Å². The largest absolute Gasteiger partial charge is 0.477 e. The summed E-state index contributed by atoms with van der Waals surface area (Å²) in [5.41, 5.74) is 1.44. The molecule has 1 aromatic heterocycles. The number of rotatable bonds is 9. The number of amides is 2. The van der Waals surface area contributed by atoms with Crippen LogP contribution in [0.1, 0.15) is 11.1 Å². The third kappa shape index (κ3) is 5.66. The van der Waals surface area contributed by atoms with E-state index in [1.807, 2.05) is 0 Å². The summed E-state index contributed by atoms with van der Waals surface area (Å²) in [6.07, 6.45) is -0.0530. The van der Waals surface area contributed by atoms with E-state index in [-0.39, 0.29) is 12.1 Å². The van der Waals surface area contributed by atoms with Gasteiger partial charge in [-0.1, -0.05) is 36.0 Å². The normalized spacial score (nSPS) is 19.8. The number of fused-ring (bicyclic) bond motifs is 1. The fourth-order valence-corrected chi connectivity index (χ4v) is 6.61. The molecule has 0 radical (unpaired) electrons. The molecule has 16 heteroatoms. The summed E-state index contributed by atoms with van der Waals surface area (Å²) < 4.78 is 32.3. The van der Waals surface area contributed by atoms with Crippen molar-refractivity contribution in [2.24, 2.45) is 7.05 Å². The number of thioether (sulfide) groups is 2. The Hall–Kier alpha value is -2.95. The van der Waals surface area contributed by atoms with Gasteiger partial charge >= 0.3 is 5.97 Å². The molecule has 2 atom stereocenters. The number of nitrogens with one attached hydrogen (secondary N) is 1. The molecule has 2 unspecified atom stereocenters. The average molecular weight is 541 g/mol. The highest BCUT2D eigenvalue weighted by atomic mass is 32.2. The predicted octanol–water partition coefficient (Wildman–Crippen LogP) is -0.329. The number of tetrazole rings is 1. The fraction of sp³-hybridized carbons (Fsp3) is 0.368. The van der Waals surface area contributed by atoms with Crippen LogP contribution in [0.3, 0.4) is 0 Å². The van der Waals surface area contributed by atoms with E-state index < -0.39 is 45.1 Å². The molecule has 186 valence electrons. The average Bonchev–Trinajstić information content (AvgIpc) is 3.20. The molecule has 3 heterocycles. The molecule has 0 bridgehead atoms. The van der Waals surface area contributed by atoms with E-state index in [9.17, 15) is 27.9 Å². The van der Waals surface area contributed by atoms with Gasteiger partial charge in [-0.3, -0.25) is 19.0 Å². The van der Waals surface area contributed by atoms with Gasteiger partial charge in [0.15, 0.2) is 0 Å². The minimum atomic E-state index is -4.15. The highest BCUT2D eigenvalue weighted by Gasteiger charge is 2.54. The zero-order chi connectivity index (χ0) is 25.3. The van der Waals surface area contributed by atoms with Crippen molar-refractivity contribution in [3.63, 3.8) is 0 Å². The molecule has 0 saturated carbocycles. The van der Waals surface area contributed by atoms with Crippen LogP contribution in [0, 0.1) is 0 Å². The van der Waals surface area contributed by atoms with Crippen molar-refractivity contribution < 1.29 is 32.5 Å². The molecule has 2 aliphatic rings. The Labute approximate surface area is 208 Å². The first kappa shape index (κ1) is 25.2. The Morgan fingerprint density at radius 3 is 2.54 bits per heavy atom. The van der Waals surface area contributed by atoms with Gasteiger partial charge in [0.05, 0.1) is 6.42 Å². The number of carbonyl (C=O) groups excluding carboxylic acids is 2. The summed E-state index contributed by atoms with van der Waals surface area (Å²) in [5, 5.41) is 23.5. The van der Waals surface area contributed by atoms with Crippen LogP contribution < -0.4 is 5.32 Å². The van der Waals surface area contributed by atoms with Gasteiger partial charge in [-0.2, -0.15) is 8.42 Å². The molecule has 1 fully saturated rings. The lowest BCUT2D eigenvalue weighted by molar-refractivity contribution is -0.150. The van der Waals surface area contributed by atoms with E-state index in [4.69, 9.17) is 4.55 Å². The Bertz CT molecular complexity index is 1310. The first-order valence-corrected chi connectivity index (χ1v) is 13.8. The van der Waals surface area contributed by atoms with Crippen molar-refractivity contribution in [3.8, 4) is 0 Å². The molecule has 35 heavy (non-hydrogen) atoms. The van der Waals surface area contributed by atoms with Crippen LogP contribution >= 0.6 is 23.5 Å². The smallest absolute Gasteiger partial charge is 0.352 e. The molecule has 0 aliphatic carbocycles. The van der Waals surface area contributed by atoms with E-state index >= 15 is 0 Å². The highest BCUT2D eigenvalue weighted by Crippen LogP contribution is 2.41. The van der Waals surface area contributed by atoms with Crippen LogP contribution in [0.5, 0.6) is 0 Å². The lowest BCUT2D eigenvalue weighted by atomic mass is 10.0. The quantitative estimate of drug-likeness (QED) is 0.214. The number of hydrogen-bond acceptors (Lipinski definition) is 10. The number of carboxylic acids is 1. The monoisotopic (exact) mass is 540 g/mol. The van der Waals surface area contributed by atoms with Gasteiger partial charge in [-0.05, 0) is 27.1 Å². The Kier molecular flexibility index (Phi) is 7.16. The lowest BCUT2D eigenvalue weighted by Crippen LogP contribution is -2.70. The summed E-state index contributed by atoms with van der Waals surface area (Å²) in [6, 6.07) is 5.25. The van der Waals surface area contributed by atoms with Gasteiger partial charge in [0.25, 0.3) is 16.0 Å². The number of hydrogen-bond donors (Lipinski definition) is 3. The van der Waals surface area contributed by atoms with Crippen LogP contribution in [-0.2, 0) is 43.7 Å². The summed E-state index contributed by atoms with van der Waals surface area (Å²) in [5.74, 6) is -2.01. The van der Waals surface area contributed by atoms with Gasteiger partial charge in [0.1, 0.15) is 22.9 Å². The topological polar surface area (TPSA) is 185 Å². The molecule has 3 N–H and O–H groups in total. The highest BCUT2D eigenvalue weighted by molar-refractivity contribution is 8.01. The van der Waals surface area contributed by atoms with E-state index in [0.29, 0.717) is 33.4 Å². The van der Waals surface area contributed by atoms with Crippen LogP contribution in [0.2, 0.25) is 0 Å². The number of aryl methyl sites for hydroxylation is 1. The third-order valence-electron chi connectivity index (χ3n) is 5.26. The van der Waals surface area contributed by atoms with E-state index in [1.165, 1.54) is 45.2 Å². The molecule has 1 saturated heterocycles. The first-order chi connectivity index (χ1) is 16.5. The second kappa shape index (κ2) is 9.96. The number of carboxylic acid groups (broad SMARTS) is 1. The van der Waals surface area contributed by atoms with Crippen molar-refractivity contribution in [1.82, 2.24) is 30.4 Å². The summed E-state index contributed by atoms with van der Waals surface area (Å²) in [6.45, 7) is 0. The van der Waals surface area contributed by atoms with Gasteiger partial charge in [-0.15, -0.1) is 16.9 Å². The Morgan fingerprint density at radius 2 is 1.94 bits per heavy atom. The van der Waals surface area contributed by atoms with Gasteiger partial charge in [0, 0.05) is 18.6 Å². The number of carbonyl (C=O) groups is 3. The molecule has 2 aliphatic heterocycles. The Balaban J connectivity index is 1.38. The van der Waals surface area contributed by atoms with Crippen molar-refractivity contribution >= 4 is 51.4 Å². The standard InChI is InChI=1S/C19H20N6O7S3/c1-24-19(21-22-23-24)34-8-12-7-33-17-14(16(27)25(17)15(12)18(28)29)20-13(26)6-10-2-4-11(5-3-10)9-35(30,31)32/h2-5,14,17H,6-9H2,1H3,(H,20,26)(H,28,29)(H,30,31,32). The number of β-lactam (4-membered cyclic amide) rings is 1. The predicted molar refractivity (Wildman–Crippen MR) is 125 cm³/mol. The van der Waals surface area contributed by atoms with E-state index in [2.05, 4.69) is 20.8 Å². The summed E-state index contributed by atoms with van der Waals surface area (Å²) in [7, 11) is -2.49. The molecule has 13 nitrogen and oxygen atoms in total. The molecule has 2 aromatic rings. The summed E-state index contributed by atoms with van der Waals surface area (Å²) in [4.78, 5) is 38.5. The second-order valence-corrected chi connectivity index (χ2v) is 11.3. The number of aromatic nitrogens is 4. The number of nitrogens with zero attached hydrogens (tertiary/aromatic N) is 5. The zero-order valence-corrected chi connectivity index (χ0v) is 20.6. The van der Waals surface area contributed by atoms with Gasteiger partial charge in [-0.25, -0.2) is 9.48 Å². The van der Waals surface area contributed by atoms with Crippen LogP contribution in [0.4, 0.5) is 0 Å². The Morgan fingerprint density at radius 1 is 1.26 bits per heavy atom. The van der Waals surface area contributed by atoms with Crippen LogP contribution in [0.25, 0.3) is 0 Å². The molecule has 1 aromatic carbocycles. The molecule has 2 amide bonds. The fourth-order valence-electron chi connectivity index (χ4n) is 3.66. The molecular weight excluding hydrogens is 520 g/mol. The maximum absolute atomic E-state index is 12.8. The molecule has 4 rings (SSSR count). The minimum absolute atomic E-state index is 0.0530. The zero-order valence-electron chi connectivity index (χ0n) is 18.2. The number of aliphatic carboxylic acids is 1. The molecule has 0 spiro atoms. The first-order valence-electron chi connectivity index (χ1n) is 10.1. The SMILES string of the molecule is Cn1nnnc1SCC1=C(C(=O)O)N2C(=O)C(NC(=O)Cc3ccc(CS(=O)(=O)O)cc3)C2SC1. The molecular formula is C19H20N6O7S3. The maximum atomic E-state index is 12.8. The third-order valence-corrected chi connectivity index (χ3v) is 8.39. The van der Waals surface area contributed by atoms with Gasteiger partial charge in [0.2, 0.25) is 11.1 Å². The minimum Gasteiger partial charge on any atom is -0.477 e. The lowest BCUT2D eigenvalue weighted by Gasteiger charge is -2.49. The van der Waals surface area contributed by atoms with Crippen LogP contribution in [-0.4, -0.2) is 83.9 Å². The van der Waals surface area contributed by atoms with Gasteiger partial charge < -0.3 is 10.4 Å². The van der Waals surface area contributed by atoms with Crippen LogP contribution in [0.15, 0.2) is 40.7 Å². The second-order valence-electron chi connectivity index (χ2n) is 7.81.